The molecule has 0 bridgehead atoms. The van der Waals surface area contributed by atoms with Crippen molar-refractivity contribution < 1.29 is 40.7 Å². The van der Waals surface area contributed by atoms with Crippen molar-refractivity contribution in [1.82, 2.24) is 50.6 Å². The van der Waals surface area contributed by atoms with Gasteiger partial charge in [-0.3, -0.25) is 9.80 Å². The van der Waals surface area contributed by atoms with E-state index in [0.717, 1.165) is 77.3 Å². The van der Waals surface area contributed by atoms with Crippen LogP contribution < -0.4 is 42.0 Å². The van der Waals surface area contributed by atoms with Gasteiger partial charge in [-0.15, -0.1) is 0 Å². The number of urea groups is 1. The second-order valence-electron chi connectivity index (χ2n) is 21.7. The SMILES string of the molecule is C[C@@H]1CN(c2ncc(C(F)(F)F)c(N)n2)C[C@@H](C)N1.C[C@@H]1CN(c2ncc(C(F)(F)F)c(N)n2)C[C@@H](C)N1C(=O)NCCC1CCN(Cc2ccccc2)CC1.O=C(NCCC1CCN(Cc2ccccc2)CC1)Oc1ccccc1. The molecule has 3 amide bonds. The molecule has 0 saturated carbocycles. The minimum atomic E-state index is -4.60. The summed E-state index contributed by atoms with van der Waals surface area (Å²) in [5.74, 6) is 1.12. The van der Waals surface area contributed by atoms with E-state index in [1.165, 1.54) is 24.0 Å². The van der Waals surface area contributed by atoms with Crippen molar-refractivity contribution >= 4 is 35.7 Å². The highest BCUT2D eigenvalue weighted by Crippen LogP contribution is 2.34. The van der Waals surface area contributed by atoms with Crippen LogP contribution in [0.5, 0.6) is 5.75 Å². The number of alkyl halides is 6. The molecule has 4 aliphatic heterocycles. The lowest BCUT2D eigenvalue weighted by Crippen LogP contribution is -2.61. The summed E-state index contributed by atoms with van der Waals surface area (Å²) in [6.07, 6.45) is -1.40. The van der Waals surface area contributed by atoms with Gasteiger partial charge in [-0.2, -0.15) is 36.3 Å². The van der Waals surface area contributed by atoms with E-state index in [9.17, 15) is 35.9 Å². The van der Waals surface area contributed by atoms with E-state index < -0.39 is 35.1 Å². The molecule has 2 aromatic heterocycles. The quantitative estimate of drug-likeness (QED) is 0.0699. The first kappa shape index (κ1) is 61.6. The highest BCUT2D eigenvalue weighted by molar-refractivity contribution is 5.75. The molecule has 0 aliphatic carbocycles. The van der Waals surface area contributed by atoms with Crippen LogP contribution in [0, 0.1) is 11.8 Å². The van der Waals surface area contributed by atoms with Crippen LogP contribution >= 0.6 is 0 Å². The number of benzene rings is 3. The molecule has 4 atom stereocenters. The van der Waals surface area contributed by atoms with Crippen molar-refractivity contribution in [3.05, 3.63) is 126 Å². The topological polar surface area (TPSA) is 199 Å². The van der Waals surface area contributed by atoms with E-state index in [0.29, 0.717) is 56.9 Å². The number of rotatable bonds is 13. The number of para-hydroxylation sites is 1. The Morgan fingerprint density at radius 3 is 1.40 bits per heavy atom. The maximum absolute atomic E-state index is 13.0. The number of carbonyl (C=O) groups excluding carboxylic acids is 2. The van der Waals surface area contributed by atoms with Gasteiger partial charge in [-0.25, -0.2) is 19.6 Å². The van der Waals surface area contributed by atoms with Crippen LogP contribution in [0.25, 0.3) is 0 Å². The molecule has 4 saturated heterocycles. The number of ether oxygens (including phenoxy) is 1. The molecule has 6 heterocycles. The zero-order chi connectivity index (χ0) is 58.1. The molecule has 440 valence electrons. The van der Waals surface area contributed by atoms with E-state index >= 15 is 0 Å². The first-order valence-corrected chi connectivity index (χ1v) is 27.9. The van der Waals surface area contributed by atoms with Crippen LogP contribution in [0.15, 0.2) is 103 Å². The number of piperazine rings is 2. The van der Waals surface area contributed by atoms with Gasteiger partial charge in [0.2, 0.25) is 11.9 Å². The maximum Gasteiger partial charge on any atom is 0.421 e. The van der Waals surface area contributed by atoms with Crippen molar-refractivity contribution in [1.29, 1.82) is 0 Å². The summed E-state index contributed by atoms with van der Waals surface area (Å²) in [5.41, 5.74) is 11.6. The Hall–Kier alpha value is -6.98. The lowest BCUT2D eigenvalue weighted by molar-refractivity contribution is -0.138. The fraction of sp³-hybridized carbons (Fsp3) is 0.517. The molecule has 4 fully saturated rings. The highest BCUT2D eigenvalue weighted by atomic mass is 19.4. The fourth-order valence-corrected chi connectivity index (χ4v) is 10.9. The van der Waals surface area contributed by atoms with Crippen molar-refractivity contribution in [3.63, 3.8) is 0 Å². The van der Waals surface area contributed by atoms with Gasteiger partial charge >= 0.3 is 24.5 Å². The number of hydrogen-bond acceptors (Lipinski definition) is 14. The molecule has 4 aliphatic rings. The molecule has 3 aromatic carbocycles. The third-order valence-electron chi connectivity index (χ3n) is 15.0. The monoisotopic (exact) mass is 1130 g/mol. The predicted molar refractivity (Wildman–Crippen MR) is 302 cm³/mol. The van der Waals surface area contributed by atoms with Crippen LogP contribution in [-0.4, -0.2) is 136 Å². The number of anilines is 4. The van der Waals surface area contributed by atoms with Gasteiger partial charge in [0.1, 0.15) is 28.5 Å². The van der Waals surface area contributed by atoms with Crippen LogP contribution in [0.3, 0.4) is 0 Å². The standard InChI is InChI=1S/C26H36F3N7O.C21H26N2O2.C11H16F3N5/c1-18-15-35(24-32-14-22(23(30)33-24)26(27,28)29)16-19(2)36(18)25(37)31-11-8-20-9-12-34(13-10-20)17-21-6-4-3-5-7-21;24-21(25-20-9-5-2-6-10-20)22-14-11-18-12-15-23(16-13-18)17-19-7-3-1-4-8-19;1-6-4-19(5-7(2)17-6)10-16-3-8(9(15)18-10)11(12,13)14/h3-7,14,18-20H,8-13,15-17H2,1-2H3,(H,31,37)(H2,30,32,33);1-10,18H,11-17H2,(H,22,24);3,6-7,17H,4-5H2,1-2H3,(H2,15,16,18)/t18-,19-;;6-,7-/m1.1/s1. The van der Waals surface area contributed by atoms with E-state index in [1.807, 2.05) is 56.9 Å². The van der Waals surface area contributed by atoms with Crippen LogP contribution in [-0.2, 0) is 25.4 Å². The summed E-state index contributed by atoms with van der Waals surface area (Å²) in [7, 11) is 0. The molecule has 5 aromatic rings. The summed E-state index contributed by atoms with van der Waals surface area (Å²) < 4.78 is 81.9. The lowest BCUT2D eigenvalue weighted by Gasteiger charge is -2.44. The highest BCUT2D eigenvalue weighted by Gasteiger charge is 2.38. The summed E-state index contributed by atoms with van der Waals surface area (Å²) in [4.78, 5) is 50.5. The van der Waals surface area contributed by atoms with Gasteiger partial charge in [-0.1, -0.05) is 78.9 Å². The minimum Gasteiger partial charge on any atom is -0.410 e. The smallest absolute Gasteiger partial charge is 0.410 e. The van der Waals surface area contributed by atoms with E-state index in [1.54, 1.807) is 21.9 Å². The summed E-state index contributed by atoms with van der Waals surface area (Å²) in [6, 6.07) is 30.3. The molecule has 0 spiro atoms. The van der Waals surface area contributed by atoms with Crippen LogP contribution in [0.2, 0.25) is 0 Å². The number of nitrogen functional groups attached to an aromatic ring is 2. The molecular weight excluding hydrogens is 1050 g/mol. The number of piperidine rings is 2. The maximum atomic E-state index is 13.0. The first-order chi connectivity index (χ1) is 38.7. The zero-order valence-corrected chi connectivity index (χ0v) is 46.7. The largest absolute Gasteiger partial charge is 0.421 e. The van der Waals surface area contributed by atoms with Crippen molar-refractivity contribution in [3.8, 4) is 5.75 Å². The summed E-state index contributed by atoms with van der Waals surface area (Å²) in [6.45, 7) is 17.6. The van der Waals surface area contributed by atoms with Crippen molar-refractivity contribution in [2.45, 2.75) is 116 Å². The van der Waals surface area contributed by atoms with Crippen molar-refractivity contribution in [2.24, 2.45) is 11.8 Å². The summed E-state index contributed by atoms with van der Waals surface area (Å²) >= 11 is 0. The molecule has 23 heteroatoms. The first-order valence-electron chi connectivity index (χ1n) is 27.9. The Kier molecular flexibility index (Phi) is 22.2. The third kappa shape index (κ3) is 19.1. The van der Waals surface area contributed by atoms with Gasteiger partial charge in [0, 0.05) is 88.9 Å². The number of nitrogens with zero attached hydrogens (tertiary/aromatic N) is 9. The van der Waals surface area contributed by atoms with Crippen molar-refractivity contribution in [2.75, 3.05) is 86.7 Å². The number of halogens is 6. The number of nitrogens with two attached hydrogens (primary N) is 2. The van der Waals surface area contributed by atoms with Gasteiger partial charge in [0.05, 0.1) is 0 Å². The molecular formula is C58H78F6N14O3. The van der Waals surface area contributed by atoms with E-state index in [4.69, 9.17) is 16.2 Å². The second kappa shape index (κ2) is 29.1. The number of carbonyl (C=O) groups is 2. The molecule has 0 unspecified atom stereocenters. The molecule has 17 nitrogen and oxygen atoms in total. The number of nitrogens with one attached hydrogen (secondary N) is 3. The van der Waals surface area contributed by atoms with Gasteiger partial charge in [0.25, 0.3) is 0 Å². The number of likely N-dealkylation sites (tertiary alicyclic amines) is 2. The number of aromatic nitrogens is 4. The molecule has 0 radical (unpaired) electrons. The lowest BCUT2D eigenvalue weighted by atomic mass is 9.93. The second-order valence-corrected chi connectivity index (χ2v) is 21.7. The molecule has 9 rings (SSSR count). The number of hydrogen-bond donors (Lipinski definition) is 5. The Labute approximate surface area is 471 Å². The average Bonchev–Trinajstić information content (AvgIpc) is 3.55. The van der Waals surface area contributed by atoms with Crippen LogP contribution in [0.1, 0.15) is 88.5 Å². The third-order valence-corrected chi connectivity index (χ3v) is 15.0. The average molecular weight is 1130 g/mol. The van der Waals surface area contributed by atoms with Gasteiger partial charge in [0.15, 0.2) is 0 Å². The molecule has 81 heavy (non-hydrogen) atoms. The van der Waals surface area contributed by atoms with E-state index in [-0.39, 0.29) is 48.2 Å². The van der Waals surface area contributed by atoms with Crippen LogP contribution in [0.4, 0.5) is 59.5 Å². The Morgan fingerprint density at radius 2 is 0.988 bits per heavy atom. The Morgan fingerprint density at radius 1 is 0.593 bits per heavy atom. The van der Waals surface area contributed by atoms with Gasteiger partial charge in [-0.05, 0) is 127 Å². The molecule has 7 N–H and O–H groups in total. The van der Waals surface area contributed by atoms with Gasteiger partial charge < -0.3 is 46.9 Å². The normalized spacial score (nSPS) is 20.5. The van der Waals surface area contributed by atoms with E-state index in [2.05, 4.69) is 100 Å². The number of amides is 3. The fourth-order valence-electron chi connectivity index (χ4n) is 10.9. The summed E-state index contributed by atoms with van der Waals surface area (Å²) in [5, 5.41) is 9.25. The minimum absolute atomic E-state index is 0.117. The predicted octanol–water partition coefficient (Wildman–Crippen LogP) is 9.33. The zero-order valence-electron chi connectivity index (χ0n) is 46.7. The Balaban J connectivity index is 0.000000186. The Bertz CT molecular complexity index is 2700.